The fourth-order valence-corrected chi connectivity index (χ4v) is 1.92. The quantitative estimate of drug-likeness (QED) is 0.285. The van der Waals surface area contributed by atoms with Crippen LogP contribution >= 0.6 is 0 Å². The molecule has 5 heteroatoms. The molecule has 0 saturated heterocycles. The predicted molar refractivity (Wildman–Crippen MR) is 110 cm³/mol. The van der Waals surface area contributed by atoms with E-state index in [0.717, 1.165) is 6.07 Å². The summed E-state index contributed by atoms with van der Waals surface area (Å²) in [7, 11) is 1.17. The maximum absolute atomic E-state index is 13.9. The van der Waals surface area contributed by atoms with Crippen LogP contribution in [0.2, 0.25) is 0 Å². The van der Waals surface area contributed by atoms with E-state index < -0.39 is 23.2 Å². The van der Waals surface area contributed by atoms with Crippen molar-refractivity contribution in [2.24, 2.45) is 0 Å². The number of halogens is 3. The van der Waals surface area contributed by atoms with Gasteiger partial charge in [-0.25, -0.2) is 8.78 Å². The van der Waals surface area contributed by atoms with Crippen LogP contribution in [0.1, 0.15) is 12.0 Å². The molecule has 0 bridgehead atoms. The van der Waals surface area contributed by atoms with Crippen molar-refractivity contribution < 1.29 is 23.0 Å². The summed E-state index contributed by atoms with van der Waals surface area (Å²) in [6.45, 7) is 20.1. The number of allylic oxidation sites excluding steroid dienone is 7. The van der Waals surface area contributed by atoms with Crippen molar-refractivity contribution in [3.05, 3.63) is 115 Å². The van der Waals surface area contributed by atoms with Gasteiger partial charge in [-0.1, -0.05) is 50.1 Å². The van der Waals surface area contributed by atoms with E-state index in [4.69, 9.17) is 0 Å². The number of aryl methyl sites for hydroxylation is 1. The minimum atomic E-state index is -1.24. The number of rotatable bonds is 9. The fourth-order valence-electron chi connectivity index (χ4n) is 1.92. The molecule has 2 nitrogen and oxygen atoms in total. The second kappa shape index (κ2) is 12.2. The first-order chi connectivity index (χ1) is 13.2. The maximum Gasteiger partial charge on any atom is 0.200 e. The van der Waals surface area contributed by atoms with Crippen molar-refractivity contribution in [3.63, 3.8) is 0 Å². The highest BCUT2D eigenvalue weighted by atomic mass is 19.2. The standard InChI is InChI=1S/C21H21F3O2.C2H4/c1-13(7-9-17-10-11-18(25)12-19(17)22)6-8-14(2)15(3)20(23)21(24)16(4)26-5;1-2/h6,8,10-12,25H,1-4,7,9H2,5H3;1-2H2/b8-6-,21-20-;. The molecule has 0 spiro atoms. The third-order valence-electron chi connectivity index (χ3n) is 3.61. The molecule has 1 rings (SSSR count). The van der Waals surface area contributed by atoms with Crippen molar-refractivity contribution >= 4 is 0 Å². The van der Waals surface area contributed by atoms with Gasteiger partial charge in [-0.05, 0) is 30.0 Å². The highest BCUT2D eigenvalue weighted by molar-refractivity contribution is 5.49. The molecule has 1 aromatic carbocycles. The number of phenols is 1. The van der Waals surface area contributed by atoms with E-state index >= 15 is 0 Å². The van der Waals surface area contributed by atoms with Gasteiger partial charge in [0.15, 0.2) is 5.83 Å². The minimum Gasteiger partial charge on any atom is -0.508 e. The first-order valence-corrected chi connectivity index (χ1v) is 8.17. The summed E-state index contributed by atoms with van der Waals surface area (Å²) >= 11 is 0. The molecule has 0 fully saturated rings. The van der Waals surface area contributed by atoms with Gasteiger partial charge in [-0.2, -0.15) is 4.39 Å². The summed E-state index contributed by atoms with van der Waals surface area (Å²) in [5.74, 6) is -3.53. The summed E-state index contributed by atoms with van der Waals surface area (Å²) in [4.78, 5) is 0. The summed E-state index contributed by atoms with van der Waals surface area (Å²) < 4.78 is 45.8. The van der Waals surface area contributed by atoms with Crippen LogP contribution in [0.15, 0.2) is 104 Å². The number of benzene rings is 1. The predicted octanol–water partition coefficient (Wildman–Crippen LogP) is 6.80. The molecule has 0 saturated carbocycles. The molecule has 1 aromatic rings. The molecule has 0 aliphatic rings. The van der Waals surface area contributed by atoms with Crippen LogP contribution in [-0.2, 0) is 11.2 Å². The van der Waals surface area contributed by atoms with E-state index in [9.17, 15) is 18.3 Å². The maximum atomic E-state index is 13.9. The van der Waals surface area contributed by atoms with Gasteiger partial charge in [0, 0.05) is 11.6 Å². The smallest absolute Gasteiger partial charge is 0.200 e. The number of ether oxygens (including phenoxy) is 1. The van der Waals surface area contributed by atoms with Gasteiger partial charge in [0.1, 0.15) is 17.3 Å². The average Bonchev–Trinajstić information content (AvgIpc) is 2.70. The van der Waals surface area contributed by atoms with Crippen LogP contribution in [0.25, 0.3) is 0 Å². The molecule has 0 atom stereocenters. The normalized spacial score (nSPS) is 11.1. The Labute approximate surface area is 164 Å². The number of hydrogen-bond donors (Lipinski definition) is 1. The van der Waals surface area contributed by atoms with E-state index in [2.05, 4.69) is 44.2 Å². The largest absolute Gasteiger partial charge is 0.508 e. The molecular weight excluding hydrogens is 365 g/mol. The van der Waals surface area contributed by atoms with E-state index in [-0.39, 0.29) is 16.9 Å². The molecule has 0 aliphatic carbocycles. The van der Waals surface area contributed by atoms with Crippen LogP contribution < -0.4 is 0 Å². The van der Waals surface area contributed by atoms with Crippen LogP contribution in [0, 0.1) is 5.82 Å². The number of phenolic OH excluding ortho intramolecular Hbond substituents is 1. The number of aromatic hydroxyl groups is 1. The first-order valence-electron chi connectivity index (χ1n) is 8.17. The van der Waals surface area contributed by atoms with Crippen LogP contribution in [-0.4, -0.2) is 12.2 Å². The Balaban J connectivity index is 0.00000352. The van der Waals surface area contributed by atoms with Gasteiger partial charge in [-0.15, -0.1) is 13.2 Å². The Bertz CT molecular complexity index is 817. The highest BCUT2D eigenvalue weighted by Crippen LogP contribution is 2.27. The van der Waals surface area contributed by atoms with Gasteiger partial charge < -0.3 is 9.84 Å². The highest BCUT2D eigenvalue weighted by Gasteiger charge is 2.14. The number of methoxy groups -OCH3 is 1. The second-order valence-corrected chi connectivity index (χ2v) is 5.53. The zero-order chi connectivity index (χ0) is 21.9. The molecule has 28 heavy (non-hydrogen) atoms. The summed E-state index contributed by atoms with van der Waals surface area (Å²) in [6.07, 6.45) is 3.83. The van der Waals surface area contributed by atoms with E-state index in [1.807, 2.05) is 0 Å². The summed E-state index contributed by atoms with van der Waals surface area (Å²) in [5, 5.41) is 9.19. The molecule has 0 aliphatic heterocycles. The Morgan fingerprint density at radius 2 is 1.68 bits per heavy atom. The monoisotopic (exact) mass is 390 g/mol. The van der Waals surface area contributed by atoms with Crippen molar-refractivity contribution in [3.8, 4) is 5.75 Å². The first kappa shape index (κ1) is 24.8. The molecule has 0 aromatic heterocycles. The van der Waals surface area contributed by atoms with Crippen molar-refractivity contribution in [1.29, 1.82) is 0 Å². The molecule has 0 radical (unpaired) electrons. The van der Waals surface area contributed by atoms with Crippen molar-refractivity contribution in [2.75, 3.05) is 7.11 Å². The van der Waals surface area contributed by atoms with Crippen LogP contribution in [0.3, 0.4) is 0 Å². The third kappa shape index (κ3) is 7.58. The molecule has 0 amide bonds. The molecule has 0 heterocycles. The summed E-state index contributed by atoms with van der Waals surface area (Å²) in [5.41, 5.74) is 0.986. The number of hydrogen-bond acceptors (Lipinski definition) is 2. The van der Waals surface area contributed by atoms with Gasteiger partial charge >= 0.3 is 0 Å². The lowest BCUT2D eigenvalue weighted by Gasteiger charge is -2.07. The summed E-state index contributed by atoms with van der Waals surface area (Å²) in [6, 6.07) is 3.94. The van der Waals surface area contributed by atoms with Gasteiger partial charge in [0.2, 0.25) is 5.83 Å². The van der Waals surface area contributed by atoms with Gasteiger partial charge in [-0.3, -0.25) is 0 Å². The molecule has 150 valence electrons. The average molecular weight is 390 g/mol. The van der Waals surface area contributed by atoms with Crippen molar-refractivity contribution in [2.45, 2.75) is 12.8 Å². The lowest BCUT2D eigenvalue weighted by Crippen LogP contribution is -1.93. The second-order valence-electron chi connectivity index (χ2n) is 5.53. The van der Waals surface area contributed by atoms with Crippen molar-refractivity contribution in [1.82, 2.24) is 0 Å². The lowest BCUT2D eigenvalue weighted by atomic mass is 10.0. The van der Waals surface area contributed by atoms with Crippen LogP contribution in [0.5, 0.6) is 5.75 Å². The SMILES string of the molecule is C=C.C=C(/C=C\C(=C)C(=C)/C(F)=C(/F)C(=C)OC)CCc1ccc(O)cc1F. The fraction of sp³-hybridized carbons (Fsp3) is 0.130. The lowest BCUT2D eigenvalue weighted by molar-refractivity contribution is 0.281. The van der Waals surface area contributed by atoms with E-state index in [0.29, 0.717) is 24.0 Å². The Hall–Kier alpha value is -3.21. The van der Waals surface area contributed by atoms with E-state index in [1.165, 1.54) is 25.3 Å². The van der Waals surface area contributed by atoms with Crippen LogP contribution in [0.4, 0.5) is 13.2 Å². The topological polar surface area (TPSA) is 29.5 Å². The van der Waals surface area contributed by atoms with Gasteiger partial charge in [0.05, 0.1) is 7.11 Å². The molecule has 1 N–H and O–H groups in total. The Morgan fingerprint density at radius 1 is 1.07 bits per heavy atom. The van der Waals surface area contributed by atoms with E-state index in [1.54, 1.807) is 6.08 Å². The molecular formula is C23H25F3O2. The Morgan fingerprint density at radius 3 is 2.21 bits per heavy atom. The third-order valence-corrected chi connectivity index (χ3v) is 3.61. The minimum absolute atomic E-state index is 0.141. The Kier molecular flexibility index (Phi) is 10.8. The van der Waals surface area contributed by atoms with Gasteiger partial charge in [0.25, 0.3) is 0 Å². The zero-order valence-electron chi connectivity index (χ0n) is 16.0. The molecule has 0 unspecified atom stereocenters. The zero-order valence-corrected chi connectivity index (χ0v) is 16.0.